The summed E-state index contributed by atoms with van der Waals surface area (Å²) in [5.74, 6) is 13.0. The molecule has 0 bridgehead atoms. The number of carbonyl (C=O) groups is 3. The van der Waals surface area contributed by atoms with Crippen LogP contribution < -0.4 is 0 Å². The van der Waals surface area contributed by atoms with Crippen LogP contribution >= 0.6 is 0 Å². The first-order chi connectivity index (χ1) is 57.3. The Labute approximate surface area is 780 Å². The Morgan fingerprint density at radius 1 is 0.464 bits per heavy atom. The Kier molecular flexibility index (Phi) is 105. The number of halogens is 3. The van der Waals surface area contributed by atoms with Crippen LogP contribution in [0, 0.1) is 100 Å². The maximum Gasteiger partial charge on any atom is 0.389 e. The highest BCUT2D eigenvalue weighted by atomic mass is 19.4. The van der Waals surface area contributed by atoms with Gasteiger partial charge >= 0.3 is 18.1 Å². The third kappa shape index (κ3) is 126. The fourth-order valence-corrected chi connectivity index (χ4v) is 9.24. The molecule has 3 heterocycles. The van der Waals surface area contributed by atoms with E-state index >= 15 is 0 Å². The number of ether oxygens (including phenoxy) is 5. The van der Waals surface area contributed by atoms with Crippen LogP contribution in [0.2, 0.25) is 0 Å². The zero-order valence-corrected chi connectivity index (χ0v) is 92.5. The SMILES string of the molecule is CC(C)C.CC(C)C(C)(C)C.CC(C)C(C)C.CC(C)CC1CCOCC1.CC(C)CCC(=O)N(C)C.CC(C)CCC(F)(F)F.CC(C)Cc1cccnc1.CC(C)c1ccccc1.CC(C)c1cccnc1.CCC(CC)C(C)C.CCCCC(C)C.CCOC(C)(C)C(C)C.COC(=O)CC(C)C.COC(=O)CCCCC(C)C.COC(C)(C)C(C)C. The van der Waals surface area contributed by atoms with Crippen LogP contribution in [0.4, 0.5) is 13.2 Å². The first kappa shape index (κ1) is 144. The summed E-state index contributed by atoms with van der Waals surface area (Å²) in [7, 11) is 8.18. The zero-order chi connectivity index (χ0) is 100. The molecule has 0 saturated carbocycles. The van der Waals surface area contributed by atoms with Gasteiger partial charge in [0.05, 0.1) is 25.4 Å². The zero-order valence-electron chi connectivity index (χ0n) is 92.5. The minimum absolute atomic E-state index is 0.0417. The molecule has 0 spiro atoms. The first-order valence-electron chi connectivity index (χ1n) is 49.3. The fourth-order valence-electron chi connectivity index (χ4n) is 9.24. The van der Waals surface area contributed by atoms with Crippen molar-refractivity contribution in [2.75, 3.05) is 55.2 Å². The number of unbranched alkanes of at least 4 members (excludes halogenated alkanes) is 2. The summed E-state index contributed by atoms with van der Waals surface area (Å²) in [5, 5.41) is 0. The molecule has 1 saturated heterocycles. The Balaban J connectivity index is -0.000000124. The number of hydrogen-bond donors (Lipinski definition) is 0. The van der Waals surface area contributed by atoms with Gasteiger partial charge in [-0.3, -0.25) is 24.4 Å². The number of rotatable bonds is 30. The molecule has 1 aromatic carbocycles. The molecule has 125 heavy (non-hydrogen) atoms. The summed E-state index contributed by atoms with van der Waals surface area (Å²) in [6.07, 6.45) is 21.1. The van der Waals surface area contributed by atoms with Crippen molar-refractivity contribution in [3.05, 3.63) is 96.1 Å². The Morgan fingerprint density at radius 2 is 0.872 bits per heavy atom. The summed E-state index contributed by atoms with van der Waals surface area (Å²) in [6, 6.07) is 18.7. The maximum atomic E-state index is 11.4. The molecule has 2 aromatic heterocycles. The number of nitrogens with zero attached hydrogens (tertiary/aromatic N) is 3. The molecular weight excluding hydrogens is 1560 g/mol. The van der Waals surface area contributed by atoms with E-state index in [1.807, 2.05) is 57.6 Å². The van der Waals surface area contributed by atoms with Crippen molar-refractivity contribution in [3.63, 3.8) is 0 Å². The molecule has 0 radical (unpaired) electrons. The van der Waals surface area contributed by atoms with Crippen molar-refractivity contribution in [1.29, 1.82) is 0 Å². The number of amides is 1. The van der Waals surface area contributed by atoms with E-state index in [1.165, 1.54) is 88.7 Å². The number of esters is 2. The van der Waals surface area contributed by atoms with E-state index in [0.717, 1.165) is 111 Å². The van der Waals surface area contributed by atoms with E-state index in [1.54, 1.807) is 46.1 Å². The summed E-state index contributed by atoms with van der Waals surface area (Å²) >= 11 is 0. The molecule has 1 amide bonds. The molecule has 0 N–H and O–H groups in total. The van der Waals surface area contributed by atoms with Gasteiger partial charge in [0.15, 0.2) is 0 Å². The van der Waals surface area contributed by atoms with Gasteiger partial charge in [0.1, 0.15) is 0 Å². The molecule has 1 aliphatic heterocycles. The lowest BCUT2D eigenvalue weighted by molar-refractivity contribution is -0.142. The maximum absolute atomic E-state index is 11.4. The van der Waals surface area contributed by atoms with Gasteiger partial charge in [-0.1, -0.05) is 357 Å². The number of methoxy groups -OCH3 is 3. The van der Waals surface area contributed by atoms with Crippen LogP contribution in [0.5, 0.6) is 0 Å². The van der Waals surface area contributed by atoms with E-state index in [4.69, 9.17) is 14.2 Å². The van der Waals surface area contributed by atoms with Gasteiger partial charge < -0.3 is 28.6 Å². The quantitative estimate of drug-likeness (QED) is 0.0470. The highest BCUT2D eigenvalue weighted by Gasteiger charge is 2.27. The average molecular weight is 1780 g/mol. The largest absolute Gasteiger partial charge is 0.469 e. The summed E-state index contributed by atoms with van der Waals surface area (Å²) in [5.41, 5.74) is 4.64. The molecule has 14 heteroatoms. The van der Waals surface area contributed by atoms with Gasteiger partial charge in [-0.25, -0.2) is 0 Å². The molecule has 748 valence electrons. The van der Waals surface area contributed by atoms with Crippen LogP contribution in [0.3, 0.4) is 0 Å². The second kappa shape index (κ2) is 91.5. The number of carbonyl (C=O) groups excluding carboxylic acids is 3. The minimum Gasteiger partial charge on any atom is -0.469 e. The molecular formula is C111H220F3N3O8. The molecule has 1 aliphatic rings. The van der Waals surface area contributed by atoms with Gasteiger partial charge in [0.2, 0.25) is 5.91 Å². The lowest BCUT2D eigenvalue weighted by Crippen LogP contribution is -2.30. The lowest BCUT2D eigenvalue weighted by atomic mass is 9.84. The number of hydrogen-bond acceptors (Lipinski definition) is 10. The minimum atomic E-state index is -3.97. The number of alkyl halides is 3. The standard InChI is InChI=1S/C9H13N.C9H18O2.C9H18O.C9H12.C8H17NO.C8H11N.C8H18O.C8H18.C7H16O.2C7H16.C6H11F3.C6H12O2.C6H14.C4H10/c1-8(2)6-9-4-3-5-10-7-9;1-8(2)6-4-5-7-9(10)11-3;1-8(2)7-9-3-5-10-6-4-9;1-8(2)9-6-4-3-5-7-9;1-7(2)5-6-8(10)9(3)4;1-7(2)8-4-3-5-9-6-8;1-6-9-8(4,5)7(2)3;1-5-8(6-2)7(3)4;1-6(2)7(3,4)8-5;1-6(2)7(3,4)5;1-4-5-6-7(2)3;1-5(2)3-4-6(7,8)9;1-5(2)4-6(7)8-3;1-5(2)6(3)4;1-4(2)3/h3-5,7-8H,6H2,1-2H3;8H,4-7H2,1-3H3;8-9H,3-7H2,1-2H3;3-8H,1-2H3;7H,5-6H2,1-4H3;3-7H,1-2H3;7H,6H2,1-5H3;7-8H,5-6H2,1-4H3;6H,1-5H3;6H,1-5H3;7H,4-6H2,1-3H3;5H,3-4H2,1-2H3;5H,4H2,1-3H3;5-6H,1-4H3;4H,1-3H3. The number of benzene rings is 1. The van der Waals surface area contributed by atoms with E-state index in [9.17, 15) is 27.6 Å². The third-order valence-corrected chi connectivity index (χ3v) is 21.2. The summed E-state index contributed by atoms with van der Waals surface area (Å²) in [6.45, 7) is 98.6. The van der Waals surface area contributed by atoms with Crippen molar-refractivity contribution in [2.45, 2.75) is 449 Å². The monoisotopic (exact) mass is 1780 g/mol. The lowest BCUT2D eigenvalue weighted by Gasteiger charge is -2.28. The van der Waals surface area contributed by atoms with Gasteiger partial charge in [-0.2, -0.15) is 13.2 Å². The van der Waals surface area contributed by atoms with Crippen LogP contribution in [0.25, 0.3) is 0 Å². The molecule has 1 fully saturated rings. The van der Waals surface area contributed by atoms with Crippen LogP contribution in [0.1, 0.15) is 442 Å². The van der Waals surface area contributed by atoms with Crippen molar-refractivity contribution in [2.24, 2.45) is 100 Å². The van der Waals surface area contributed by atoms with Crippen molar-refractivity contribution in [3.8, 4) is 0 Å². The molecule has 0 aliphatic carbocycles. The van der Waals surface area contributed by atoms with E-state index < -0.39 is 12.6 Å². The fraction of sp³-hybridized carbons (Fsp3) is 0.829. The van der Waals surface area contributed by atoms with E-state index in [2.05, 4.69) is 326 Å². The first-order valence-corrected chi connectivity index (χ1v) is 49.3. The Bertz CT molecular complexity index is 2580. The van der Waals surface area contributed by atoms with Gasteiger partial charge in [-0.05, 0) is 220 Å². The van der Waals surface area contributed by atoms with E-state index in [0.29, 0.717) is 60.2 Å². The third-order valence-electron chi connectivity index (χ3n) is 21.2. The molecule has 4 rings (SSSR count). The molecule has 11 nitrogen and oxygen atoms in total. The summed E-state index contributed by atoms with van der Waals surface area (Å²) < 4.78 is 59.2. The van der Waals surface area contributed by atoms with Crippen molar-refractivity contribution >= 4 is 17.8 Å². The number of pyridine rings is 2. The van der Waals surface area contributed by atoms with Crippen LogP contribution in [-0.2, 0) is 44.5 Å². The van der Waals surface area contributed by atoms with Gasteiger partial charge in [0, 0.05) is 91.5 Å². The topological polar surface area (TPSA) is 126 Å². The summed E-state index contributed by atoms with van der Waals surface area (Å²) in [4.78, 5) is 41.7. The average Bonchev–Trinajstić information content (AvgIpc) is 0.914. The number of aromatic nitrogens is 2. The molecule has 0 unspecified atom stereocenters. The molecule has 0 atom stereocenters. The van der Waals surface area contributed by atoms with Gasteiger partial charge in [0.25, 0.3) is 0 Å². The second-order valence-corrected chi connectivity index (χ2v) is 42.1. The van der Waals surface area contributed by atoms with Crippen LogP contribution in [-0.4, -0.2) is 105 Å². The Hall–Kier alpha value is -4.40. The highest BCUT2D eigenvalue weighted by molar-refractivity contribution is 5.75. The van der Waals surface area contributed by atoms with Crippen molar-refractivity contribution < 1.29 is 51.2 Å². The van der Waals surface area contributed by atoms with Crippen LogP contribution in [0.15, 0.2) is 79.4 Å². The molecule has 3 aromatic rings. The normalized spacial score (nSPS) is 11.8. The van der Waals surface area contributed by atoms with E-state index in [-0.39, 0.29) is 41.4 Å². The predicted octanol–water partition coefficient (Wildman–Crippen LogP) is 34.9. The smallest absolute Gasteiger partial charge is 0.389 e. The van der Waals surface area contributed by atoms with Crippen molar-refractivity contribution in [1.82, 2.24) is 14.9 Å². The Morgan fingerprint density at radius 3 is 1.09 bits per heavy atom. The highest BCUT2D eigenvalue weighted by Crippen LogP contribution is 2.27. The second-order valence-electron chi connectivity index (χ2n) is 42.1. The van der Waals surface area contributed by atoms with Gasteiger partial charge in [-0.15, -0.1) is 0 Å². The predicted molar refractivity (Wildman–Crippen MR) is 549 cm³/mol.